The summed E-state index contributed by atoms with van der Waals surface area (Å²) in [6, 6.07) is 61.6. The summed E-state index contributed by atoms with van der Waals surface area (Å²) < 4.78 is 6.49. The molecule has 0 aliphatic heterocycles. The molecule has 0 unspecified atom stereocenters. The Morgan fingerprint density at radius 2 is 0.857 bits per heavy atom. The van der Waals surface area contributed by atoms with Gasteiger partial charge in [0.15, 0.2) is 23.3 Å². The molecule has 0 fully saturated rings. The van der Waals surface area contributed by atoms with Crippen molar-refractivity contribution in [1.29, 1.82) is 0 Å². The Morgan fingerprint density at radius 1 is 0.357 bits per heavy atom. The van der Waals surface area contributed by atoms with Gasteiger partial charge in [-0.1, -0.05) is 151 Å². The quantitative estimate of drug-likeness (QED) is 0.154. The summed E-state index contributed by atoms with van der Waals surface area (Å²) in [5.41, 5.74) is 9.33. The molecule has 3 heterocycles. The van der Waals surface area contributed by atoms with E-state index < -0.39 is 0 Å². The average molecular weight is 738 g/mol. The first-order valence-corrected chi connectivity index (χ1v) is 19.1. The first kappa shape index (κ1) is 33.4. The molecule has 0 amide bonds. The van der Waals surface area contributed by atoms with E-state index in [1.54, 1.807) is 11.8 Å². The second-order valence-electron chi connectivity index (χ2n) is 13.3. The van der Waals surface area contributed by atoms with Crippen LogP contribution in [0.25, 0.3) is 89.9 Å². The molecule has 0 atom stereocenters. The van der Waals surface area contributed by atoms with E-state index in [0.29, 0.717) is 23.3 Å². The fourth-order valence-corrected chi connectivity index (χ4v) is 7.76. The number of nitrogens with zero attached hydrogens (tertiary/aromatic N) is 5. The van der Waals surface area contributed by atoms with Gasteiger partial charge in [0.2, 0.25) is 0 Å². The summed E-state index contributed by atoms with van der Waals surface area (Å²) >= 11 is 1.65. The standard InChI is InChI=1S/C49H31N5OS/c1-5-13-32(14-6-1)33-21-23-36(24-22-33)46-50-31-44(56-39-19-11-4-12-20-39)45(51-46)37-26-28-42-41(29-37)40-27-25-38(30-43(40)55-42)49-53-47(34-15-7-2-8-16-34)52-48(54-49)35-17-9-3-10-18-35/h1-31H. The number of hydrogen-bond donors (Lipinski definition) is 0. The molecule has 10 aromatic rings. The van der Waals surface area contributed by atoms with E-state index in [2.05, 4.69) is 84.9 Å². The predicted molar refractivity (Wildman–Crippen MR) is 226 cm³/mol. The molecule has 0 spiro atoms. The first-order valence-electron chi connectivity index (χ1n) is 18.3. The molecule has 0 saturated heterocycles. The summed E-state index contributed by atoms with van der Waals surface area (Å²) in [5.74, 6) is 2.48. The smallest absolute Gasteiger partial charge is 0.164 e. The summed E-state index contributed by atoms with van der Waals surface area (Å²) in [7, 11) is 0. The minimum Gasteiger partial charge on any atom is -0.456 e. The third kappa shape index (κ3) is 6.61. The van der Waals surface area contributed by atoms with Crippen LogP contribution < -0.4 is 0 Å². The minimum absolute atomic E-state index is 0.577. The fourth-order valence-electron chi connectivity index (χ4n) is 6.85. The van der Waals surface area contributed by atoms with Crippen molar-refractivity contribution in [1.82, 2.24) is 24.9 Å². The number of hydrogen-bond acceptors (Lipinski definition) is 7. The topological polar surface area (TPSA) is 77.6 Å². The Labute approximate surface area is 327 Å². The van der Waals surface area contributed by atoms with E-state index in [9.17, 15) is 0 Å². The molecule has 0 radical (unpaired) electrons. The van der Waals surface area contributed by atoms with Crippen molar-refractivity contribution in [3.05, 3.63) is 188 Å². The zero-order valence-corrected chi connectivity index (χ0v) is 30.8. The van der Waals surface area contributed by atoms with E-state index in [1.807, 2.05) is 103 Å². The Bertz CT molecular complexity index is 2920. The van der Waals surface area contributed by atoms with Crippen molar-refractivity contribution in [2.75, 3.05) is 0 Å². The molecule has 0 saturated carbocycles. The van der Waals surface area contributed by atoms with Crippen LogP contribution in [0, 0.1) is 0 Å². The molecular formula is C49H31N5OS. The molecule has 264 valence electrons. The lowest BCUT2D eigenvalue weighted by molar-refractivity contribution is 0.669. The number of rotatable bonds is 8. The molecule has 0 aliphatic rings. The van der Waals surface area contributed by atoms with Gasteiger partial charge in [0.25, 0.3) is 0 Å². The number of benzene rings is 7. The molecule has 7 heteroatoms. The number of fused-ring (bicyclic) bond motifs is 3. The largest absolute Gasteiger partial charge is 0.456 e. The van der Waals surface area contributed by atoms with E-state index in [0.717, 1.165) is 70.8 Å². The summed E-state index contributed by atoms with van der Waals surface area (Å²) in [6.45, 7) is 0. The Morgan fingerprint density at radius 3 is 1.50 bits per heavy atom. The molecule has 10 rings (SSSR count). The Hall–Kier alpha value is -7.22. The molecule has 6 nitrogen and oxygen atoms in total. The van der Waals surface area contributed by atoms with Gasteiger partial charge in [-0.15, -0.1) is 0 Å². The second kappa shape index (κ2) is 14.5. The lowest BCUT2D eigenvalue weighted by Crippen LogP contribution is -2.00. The summed E-state index contributed by atoms with van der Waals surface area (Å²) in [5, 5.41) is 1.99. The Balaban J connectivity index is 1.05. The highest BCUT2D eigenvalue weighted by atomic mass is 32.2. The van der Waals surface area contributed by atoms with Crippen LogP contribution in [0.2, 0.25) is 0 Å². The maximum Gasteiger partial charge on any atom is 0.164 e. The van der Waals surface area contributed by atoms with Crippen LogP contribution in [-0.4, -0.2) is 24.9 Å². The van der Waals surface area contributed by atoms with Crippen molar-refractivity contribution in [3.8, 4) is 67.9 Å². The van der Waals surface area contributed by atoms with E-state index >= 15 is 0 Å². The first-order chi connectivity index (χ1) is 27.7. The SMILES string of the molecule is c1ccc(Sc2cnc(-c3ccc(-c4ccccc4)cc3)nc2-c2ccc3oc4cc(-c5nc(-c6ccccc6)nc(-c6ccccc6)n5)ccc4c3c2)cc1. The molecule has 0 aliphatic carbocycles. The second-order valence-corrected chi connectivity index (χ2v) is 14.4. The van der Waals surface area contributed by atoms with Gasteiger partial charge < -0.3 is 4.42 Å². The molecule has 0 N–H and O–H groups in total. The molecule has 3 aromatic heterocycles. The highest BCUT2D eigenvalue weighted by molar-refractivity contribution is 7.99. The van der Waals surface area contributed by atoms with E-state index in [4.69, 9.17) is 29.3 Å². The van der Waals surface area contributed by atoms with Crippen molar-refractivity contribution in [3.63, 3.8) is 0 Å². The summed E-state index contributed by atoms with van der Waals surface area (Å²) in [4.78, 5) is 26.9. The highest BCUT2D eigenvalue weighted by Gasteiger charge is 2.18. The maximum absolute atomic E-state index is 6.49. The number of aromatic nitrogens is 5. The van der Waals surface area contributed by atoms with Crippen molar-refractivity contribution in [2.45, 2.75) is 9.79 Å². The Kier molecular flexibility index (Phi) is 8.67. The van der Waals surface area contributed by atoms with Crippen molar-refractivity contribution in [2.24, 2.45) is 0 Å². The van der Waals surface area contributed by atoms with Gasteiger partial charge >= 0.3 is 0 Å². The minimum atomic E-state index is 0.577. The van der Waals surface area contributed by atoms with Crippen LogP contribution in [0.1, 0.15) is 0 Å². The van der Waals surface area contributed by atoms with Crippen LogP contribution >= 0.6 is 11.8 Å². The van der Waals surface area contributed by atoms with Gasteiger partial charge in [-0.25, -0.2) is 24.9 Å². The average Bonchev–Trinajstić information content (AvgIpc) is 3.65. The van der Waals surface area contributed by atoms with Crippen LogP contribution in [0.5, 0.6) is 0 Å². The van der Waals surface area contributed by atoms with Crippen LogP contribution in [-0.2, 0) is 0 Å². The van der Waals surface area contributed by atoms with Crippen LogP contribution in [0.15, 0.2) is 202 Å². The van der Waals surface area contributed by atoms with Gasteiger partial charge in [-0.2, -0.15) is 0 Å². The normalized spacial score (nSPS) is 11.3. The third-order valence-corrected chi connectivity index (χ3v) is 10.7. The predicted octanol–water partition coefficient (Wildman–Crippen LogP) is 12.7. The molecule has 7 aromatic carbocycles. The zero-order chi connectivity index (χ0) is 37.3. The van der Waals surface area contributed by atoms with Crippen LogP contribution in [0.4, 0.5) is 0 Å². The van der Waals surface area contributed by atoms with Crippen molar-refractivity contribution < 1.29 is 4.42 Å². The lowest BCUT2D eigenvalue weighted by Gasteiger charge is -2.11. The van der Waals surface area contributed by atoms with Crippen LogP contribution in [0.3, 0.4) is 0 Å². The van der Waals surface area contributed by atoms with Gasteiger partial charge in [0.05, 0.1) is 10.6 Å². The summed E-state index contributed by atoms with van der Waals surface area (Å²) in [6.07, 6.45) is 1.94. The molecular weight excluding hydrogens is 707 g/mol. The van der Waals surface area contributed by atoms with E-state index in [-0.39, 0.29) is 0 Å². The molecule has 56 heavy (non-hydrogen) atoms. The monoisotopic (exact) mass is 737 g/mol. The van der Waals surface area contributed by atoms with Gasteiger partial charge in [-0.3, -0.25) is 0 Å². The van der Waals surface area contributed by atoms with Gasteiger partial charge in [0, 0.05) is 49.7 Å². The lowest BCUT2D eigenvalue weighted by atomic mass is 10.0. The van der Waals surface area contributed by atoms with Gasteiger partial charge in [0.1, 0.15) is 11.2 Å². The molecule has 0 bridgehead atoms. The van der Waals surface area contributed by atoms with Gasteiger partial charge in [-0.05, 0) is 53.6 Å². The zero-order valence-electron chi connectivity index (χ0n) is 30.0. The third-order valence-electron chi connectivity index (χ3n) is 9.68. The maximum atomic E-state index is 6.49. The number of furan rings is 1. The fraction of sp³-hybridized carbons (Fsp3) is 0. The van der Waals surface area contributed by atoms with Crippen molar-refractivity contribution >= 4 is 33.7 Å². The van der Waals surface area contributed by atoms with E-state index in [1.165, 1.54) is 5.56 Å². The highest BCUT2D eigenvalue weighted by Crippen LogP contribution is 2.39.